The van der Waals surface area contributed by atoms with Gasteiger partial charge in [-0.25, -0.2) is 8.42 Å². The summed E-state index contributed by atoms with van der Waals surface area (Å²) in [6, 6.07) is 15.6. The van der Waals surface area contributed by atoms with Gasteiger partial charge in [-0.2, -0.15) is 10.4 Å². The van der Waals surface area contributed by atoms with Gasteiger partial charge in [0.05, 0.1) is 16.5 Å². The van der Waals surface area contributed by atoms with Crippen molar-refractivity contribution in [3.05, 3.63) is 77.1 Å². The second kappa shape index (κ2) is 8.07. The van der Waals surface area contributed by atoms with Crippen molar-refractivity contribution < 1.29 is 8.42 Å². The molecule has 1 aromatic heterocycles. The Morgan fingerprint density at radius 1 is 1.07 bits per heavy atom. The molecule has 1 aliphatic heterocycles. The third kappa shape index (κ3) is 4.47. The van der Waals surface area contributed by atoms with Crippen LogP contribution in [0.4, 0.5) is 5.69 Å². The highest BCUT2D eigenvalue weighted by Crippen LogP contribution is 2.23. The monoisotopic (exact) mass is 407 g/mol. The van der Waals surface area contributed by atoms with Crippen LogP contribution in [0.1, 0.15) is 22.4 Å². The third-order valence-corrected chi connectivity index (χ3v) is 6.50. The number of nitrogens with one attached hydrogen (secondary N) is 2. The Bertz CT molecular complexity index is 1130. The molecule has 0 fully saturated rings. The highest BCUT2D eigenvalue weighted by Gasteiger charge is 2.18. The second-order valence-corrected chi connectivity index (χ2v) is 8.77. The van der Waals surface area contributed by atoms with Crippen LogP contribution in [0, 0.1) is 11.3 Å². The number of sulfonamides is 1. The van der Waals surface area contributed by atoms with Crippen LogP contribution in [0.5, 0.6) is 0 Å². The fraction of sp³-hybridized carbons (Fsp3) is 0.238. The van der Waals surface area contributed by atoms with Crippen molar-refractivity contribution in [3.63, 3.8) is 0 Å². The quantitative estimate of drug-likeness (QED) is 0.677. The Labute approximate surface area is 170 Å². The molecule has 0 amide bonds. The molecule has 1 aliphatic rings. The van der Waals surface area contributed by atoms with Crippen molar-refractivity contribution >= 4 is 15.7 Å². The lowest BCUT2D eigenvalue weighted by Crippen LogP contribution is -2.26. The van der Waals surface area contributed by atoms with E-state index in [1.807, 2.05) is 30.3 Å². The molecule has 0 saturated heterocycles. The number of benzene rings is 2. The number of hydrogen-bond donors (Lipinski definition) is 2. The maximum absolute atomic E-state index is 12.7. The number of hydrogen-bond acceptors (Lipinski definition) is 5. The van der Waals surface area contributed by atoms with Gasteiger partial charge in [0.15, 0.2) is 0 Å². The number of aromatic amines is 1. The van der Waals surface area contributed by atoms with Gasteiger partial charge < -0.3 is 0 Å². The van der Waals surface area contributed by atoms with Crippen LogP contribution in [-0.4, -0.2) is 36.6 Å². The number of H-pyrrole nitrogens is 1. The third-order valence-electron chi connectivity index (χ3n) is 5.10. The van der Waals surface area contributed by atoms with Gasteiger partial charge in [-0.3, -0.25) is 14.7 Å². The van der Waals surface area contributed by atoms with Gasteiger partial charge in [-0.05, 0) is 66.4 Å². The molecule has 0 aliphatic carbocycles. The second-order valence-electron chi connectivity index (χ2n) is 7.08. The molecule has 0 spiro atoms. The van der Waals surface area contributed by atoms with Crippen molar-refractivity contribution in [1.82, 2.24) is 15.1 Å². The van der Waals surface area contributed by atoms with E-state index < -0.39 is 10.0 Å². The van der Waals surface area contributed by atoms with E-state index in [0.717, 1.165) is 43.7 Å². The molecular weight excluding hydrogens is 386 g/mol. The first-order valence-electron chi connectivity index (χ1n) is 9.39. The fourth-order valence-corrected chi connectivity index (χ4v) is 4.58. The number of anilines is 1. The van der Waals surface area contributed by atoms with Gasteiger partial charge in [-0.1, -0.05) is 6.07 Å². The van der Waals surface area contributed by atoms with Crippen molar-refractivity contribution in [2.24, 2.45) is 0 Å². The summed E-state index contributed by atoms with van der Waals surface area (Å²) >= 11 is 0. The first-order chi connectivity index (χ1) is 14.0. The zero-order chi connectivity index (χ0) is 20.3. The summed E-state index contributed by atoms with van der Waals surface area (Å²) in [6.45, 7) is 2.67. The van der Waals surface area contributed by atoms with Gasteiger partial charge in [0.2, 0.25) is 0 Å². The van der Waals surface area contributed by atoms with Gasteiger partial charge >= 0.3 is 0 Å². The van der Waals surface area contributed by atoms with E-state index in [1.54, 1.807) is 6.20 Å². The summed E-state index contributed by atoms with van der Waals surface area (Å²) in [5.74, 6) is 0. The zero-order valence-corrected chi connectivity index (χ0v) is 16.6. The van der Waals surface area contributed by atoms with Crippen molar-refractivity contribution in [2.45, 2.75) is 24.3 Å². The smallest absolute Gasteiger partial charge is 0.261 e. The van der Waals surface area contributed by atoms with Crippen molar-refractivity contribution in [3.8, 4) is 6.07 Å². The summed E-state index contributed by atoms with van der Waals surface area (Å²) in [4.78, 5) is 2.51. The predicted molar refractivity (Wildman–Crippen MR) is 110 cm³/mol. The minimum Gasteiger partial charge on any atom is -0.297 e. The molecule has 7 nitrogen and oxygen atoms in total. The summed E-state index contributed by atoms with van der Waals surface area (Å²) in [5, 5.41) is 15.9. The van der Waals surface area contributed by atoms with E-state index in [0.29, 0.717) is 11.3 Å². The van der Waals surface area contributed by atoms with Crippen LogP contribution in [-0.2, 0) is 29.4 Å². The molecule has 2 aromatic carbocycles. The first-order valence-corrected chi connectivity index (χ1v) is 10.9. The molecule has 148 valence electrons. The molecule has 29 heavy (non-hydrogen) atoms. The highest BCUT2D eigenvalue weighted by molar-refractivity contribution is 7.92. The molecular formula is C21H21N5O2S. The van der Waals surface area contributed by atoms with Crippen LogP contribution in [0.2, 0.25) is 0 Å². The molecule has 8 heteroatoms. The summed E-state index contributed by atoms with van der Waals surface area (Å²) in [7, 11) is -3.70. The first kappa shape index (κ1) is 19.2. The van der Waals surface area contributed by atoms with E-state index in [-0.39, 0.29) is 4.90 Å². The Balaban J connectivity index is 1.47. The number of nitrogens with zero attached hydrogens (tertiary/aromatic N) is 3. The van der Waals surface area contributed by atoms with Crippen LogP contribution < -0.4 is 4.72 Å². The van der Waals surface area contributed by atoms with Gasteiger partial charge in [0.25, 0.3) is 10.0 Å². The predicted octanol–water partition coefficient (Wildman–Crippen LogP) is 2.68. The molecule has 4 rings (SSSR count). The average Bonchev–Trinajstić information content (AvgIpc) is 3.15. The molecule has 0 unspecified atom stereocenters. The molecule has 2 N–H and O–H groups in total. The van der Waals surface area contributed by atoms with E-state index in [1.165, 1.54) is 29.8 Å². The van der Waals surface area contributed by atoms with Crippen LogP contribution >= 0.6 is 0 Å². The maximum atomic E-state index is 12.7. The summed E-state index contributed by atoms with van der Waals surface area (Å²) in [6.07, 6.45) is 3.54. The molecule has 3 aromatic rings. The summed E-state index contributed by atoms with van der Waals surface area (Å²) in [5.41, 5.74) is 4.48. The molecule has 0 bridgehead atoms. The van der Waals surface area contributed by atoms with Gasteiger partial charge in [0, 0.05) is 37.2 Å². The highest BCUT2D eigenvalue weighted by atomic mass is 32.2. The number of aromatic nitrogens is 2. The van der Waals surface area contributed by atoms with Crippen molar-refractivity contribution in [1.29, 1.82) is 5.26 Å². The SMILES string of the molecule is N#Cc1ccc(S(=O)(=O)Nc2ccc3c(c2)CCN(Cc2ccn[nH]2)CC3)cc1. The average molecular weight is 407 g/mol. The van der Waals surface area contributed by atoms with E-state index in [4.69, 9.17) is 5.26 Å². The van der Waals surface area contributed by atoms with Gasteiger partial charge in [0.1, 0.15) is 0 Å². The maximum Gasteiger partial charge on any atom is 0.261 e. The summed E-state index contributed by atoms with van der Waals surface area (Å²) < 4.78 is 28.0. The van der Waals surface area contributed by atoms with Crippen LogP contribution in [0.3, 0.4) is 0 Å². The minimum atomic E-state index is -3.70. The number of fused-ring (bicyclic) bond motifs is 1. The van der Waals surface area contributed by atoms with E-state index in [2.05, 4.69) is 19.8 Å². The Kier molecular flexibility index (Phi) is 5.34. The zero-order valence-electron chi connectivity index (χ0n) is 15.8. The molecule has 0 atom stereocenters. The van der Waals surface area contributed by atoms with E-state index >= 15 is 0 Å². The Morgan fingerprint density at radius 3 is 2.52 bits per heavy atom. The van der Waals surface area contributed by atoms with Crippen molar-refractivity contribution in [2.75, 3.05) is 17.8 Å². The largest absolute Gasteiger partial charge is 0.297 e. The minimum absolute atomic E-state index is 0.136. The number of nitriles is 1. The lowest BCUT2D eigenvalue weighted by atomic mass is 10.0. The van der Waals surface area contributed by atoms with Crippen LogP contribution in [0.15, 0.2) is 59.6 Å². The molecule has 0 saturated carbocycles. The Hall–Kier alpha value is -3.15. The topological polar surface area (TPSA) is 102 Å². The lowest BCUT2D eigenvalue weighted by Gasteiger charge is -2.18. The number of rotatable bonds is 5. The fourth-order valence-electron chi connectivity index (χ4n) is 3.53. The van der Waals surface area contributed by atoms with Crippen LogP contribution in [0.25, 0.3) is 0 Å². The molecule has 0 radical (unpaired) electrons. The Morgan fingerprint density at radius 2 is 1.83 bits per heavy atom. The normalized spacial score (nSPS) is 14.6. The standard InChI is InChI=1S/C21H21N5O2S/c22-14-16-1-5-21(6-2-16)29(27,28)25-19-4-3-17-8-11-26(12-9-18(17)13-19)15-20-7-10-23-24-20/h1-7,10,13,25H,8-9,11-12,15H2,(H,23,24). The lowest BCUT2D eigenvalue weighted by molar-refractivity contribution is 0.276. The van der Waals surface area contributed by atoms with E-state index in [9.17, 15) is 8.42 Å². The van der Waals surface area contributed by atoms with Gasteiger partial charge in [-0.15, -0.1) is 0 Å². The molecule has 2 heterocycles.